The molecule has 0 aliphatic heterocycles. The van der Waals surface area contributed by atoms with Gasteiger partial charge in [-0.3, -0.25) is 4.98 Å². The maximum absolute atomic E-state index is 8.41. The second-order valence-corrected chi connectivity index (χ2v) is 6.62. The van der Waals surface area contributed by atoms with Gasteiger partial charge in [-0.15, -0.1) is 0 Å². The lowest BCUT2D eigenvalue weighted by Gasteiger charge is -2.21. The Morgan fingerprint density at radius 2 is 2.18 bits per heavy atom. The molecule has 0 saturated carbocycles. The highest BCUT2D eigenvalue weighted by Crippen LogP contribution is 2.31. The van der Waals surface area contributed by atoms with Gasteiger partial charge in [0.25, 0.3) is 0 Å². The highest BCUT2D eigenvalue weighted by molar-refractivity contribution is 8.03. The van der Waals surface area contributed by atoms with Gasteiger partial charge in [-0.25, -0.2) is 0 Å². The van der Waals surface area contributed by atoms with Gasteiger partial charge in [0.2, 0.25) is 0 Å². The number of aromatic nitrogens is 1. The number of nitriles is 1. The third-order valence-corrected chi connectivity index (χ3v) is 4.58. The molecule has 0 fully saturated rings. The molecule has 0 N–H and O–H groups in total. The van der Waals surface area contributed by atoms with Crippen molar-refractivity contribution in [3.05, 3.63) is 29.6 Å². The van der Waals surface area contributed by atoms with E-state index in [0.29, 0.717) is 0 Å². The number of nitrogens with zero attached hydrogens (tertiary/aromatic N) is 2. The molecule has 1 aromatic rings. The third-order valence-electron chi connectivity index (χ3n) is 2.73. The van der Waals surface area contributed by atoms with Crippen LogP contribution < -0.4 is 0 Å². The molecule has 0 aromatic carbocycles. The second-order valence-electron chi connectivity index (χ2n) is 4.31. The van der Waals surface area contributed by atoms with Crippen LogP contribution in [0.3, 0.4) is 0 Å². The number of aryl methyl sites for hydroxylation is 1. The van der Waals surface area contributed by atoms with Gasteiger partial charge in [-0.05, 0) is 56.3 Å². The zero-order valence-electron chi connectivity index (χ0n) is 10.6. The van der Waals surface area contributed by atoms with E-state index in [1.807, 2.05) is 18.0 Å². The minimum Gasteiger partial charge on any atom is -0.260 e. The molecule has 0 amide bonds. The smallest absolute Gasteiger partial charge is 0.133 e. The molecule has 0 spiro atoms. The van der Waals surface area contributed by atoms with E-state index in [1.165, 1.54) is 17.3 Å². The molecule has 0 bridgehead atoms. The van der Waals surface area contributed by atoms with E-state index < -0.39 is 0 Å². The summed E-state index contributed by atoms with van der Waals surface area (Å²) in [5.74, 6) is 0.897. The second kappa shape index (κ2) is 6.93. The average Bonchev–Trinajstić information content (AvgIpc) is 2.35. The van der Waals surface area contributed by atoms with E-state index in [4.69, 9.17) is 5.26 Å². The molecular formula is C13H18N2S2. The van der Waals surface area contributed by atoms with E-state index in [1.54, 1.807) is 0 Å². The summed E-state index contributed by atoms with van der Waals surface area (Å²) in [5.41, 5.74) is 2.38. The normalized spacial score (nSPS) is 11.2. The quantitative estimate of drug-likeness (QED) is 0.579. The van der Waals surface area contributed by atoms with Crippen LogP contribution in [-0.2, 0) is 11.2 Å². The van der Waals surface area contributed by atoms with Gasteiger partial charge in [-0.2, -0.15) is 17.0 Å². The Balaban J connectivity index is 2.54. The number of pyridine rings is 1. The summed E-state index contributed by atoms with van der Waals surface area (Å²) >= 11 is 3.13. The molecule has 4 heteroatoms. The molecule has 0 radical (unpaired) electrons. The van der Waals surface area contributed by atoms with Crippen molar-refractivity contribution in [1.82, 2.24) is 4.98 Å². The van der Waals surface area contributed by atoms with Crippen molar-refractivity contribution in [3.63, 3.8) is 0 Å². The average molecular weight is 266 g/mol. The lowest BCUT2D eigenvalue weighted by Crippen LogP contribution is -2.13. The lowest BCUT2D eigenvalue weighted by atomic mass is 10.1. The standard InChI is InChI=1S/C13H18N2S2/c1-13(2,16-3)12-7-6-11(9-15-12)5-4-8-17-10-14/h6-7,9H,4-5,8H2,1-3H3. The van der Waals surface area contributed by atoms with Crippen LogP contribution in [0.1, 0.15) is 31.5 Å². The van der Waals surface area contributed by atoms with Crippen LogP contribution in [0.5, 0.6) is 0 Å². The molecule has 0 unspecified atom stereocenters. The zero-order chi connectivity index (χ0) is 12.7. The Hall–Kier alpha value is -0.660. The van der Waals surface area contributed by atoms with Crippen molar-refractivity contribution < 1.29 is 0 Å². The van der Waals surface area contributed by atoms with Crippen molar-refractivity contribution >= 4 is 23.5 Å². The number of thiocyanates is 1. The monoisotopic (exact) mass is 266 g/mol. The van der Waals surface area contributed by atoms with Crippen molar-refractivity contribution in [2.75, 3.05) is 12.0 Å². The largest absolute Gasteiger partial charge is 0.260 e. The van der Waals surface area contributed by atoms with E-state index in [2.05, 4.69) is 42.6 Å². The maximum atomic E-state index is 8.41. The summed E-state index contributed by atoms with van der Waals surface area (Å²) in [6, 6.07) is 4.26. The summed E-state index contributed by atoms with van der Waals surface area (Å²) in [6.07, 6.45) is 6.10. The topological polar surface area (TPSA) is 36.7 Å². The van der Waals surface area contributed by atoms with Crippen LogP contribution in [0.4, 0.5) is 0 Å². The SMILES string of the molecule is CSC(C)(C)c1ccc(CCCSC#N)cn1. The van der Waals surface area contributed by atoms with Crippen molar-refractivity contribution in [2.45, 2.75) is 31.4 Å². The molecule has 92 valence electrons. The van der Waals surface area contributed by atoms with Crippen LogP contribution >= 0.6 is 23.5 Å². The third kappa shape index (κ3) is 4.61. The van der Waals surface area contributed by atoms with E-state index in [9.17, 15) is 0 Å². The molecular weight excluding hydrogens is 248 g/mol. The summed E-state index contributed by atoms with van der Waals surface area (Å²) < 4.78 is 0.0786. The molecule has 2 nitrogen and oxygen atoms in total. The van der Waals surface area contributed by atoms with Gasteiger partial charge in [-0.1, -0.05) is 6.07 Å². The summed E-state index contributed by atoms with van der Waals surface area (Å²) in [7, 11) is 0. The number of hydrogen-bond acceptors (Lipinski definition) is 4. The van der Waals surface area contributed by atoms with Crippen LogP contribution in [-0.4, -0.2) is 17.0 Å². The first-order chi connectivity index (χ1) is 8.10. The van der Waals surface area contributed by atoms with Gasteiger partial charge >= 0.3 is 0 Å². The van der Waals surface area contributed by atoms with Crippen LogP contribution in [0.15, 0.2) is 18.3 Å². The molecule has 1 heterocycles. The van der Waals surface area contributed by atoms with Gasteiger partial charge in [0.1, 0.15) is 5.40 Å². The molecule has 0 saturated heterocycles. The Bertz CT molecular complexity index is 379. The molecule has 1 aromatic heterocycles. The molecule has 0 aliphatic rings. The molecule has 0 atom stereocenters. The molecule has 1 rings (SSSR count). The number of thioether (sulfide) groups is 2. The van der Waals surface area contributed by atoms with Crippen LogP contribution in [0, 0.1) is 10.7 Å². The predicted molar refractivity (Wildman–Crippen MR) is 77.2 cm³/mol. The number of rotatable bonds is 6. The van der Waals surface area contributed by atoms with Crippen molar-refractivity contribution in [3.8, 4) is 5.40 Å². The highest BCUT2D eigenvalue weighted by Gasteiger charge is 2.19. The predicted octanol–water partition coefficient (Wildman–Crippen LogP) is 3.83. The first-order valence-corrected chi connectivity index (χ1v) is 7.82. The van der Waals surface area contributed by atoms with Gasteiger partial charge < -0.3 is 0 Å². The van der Waals surface area contributed by atoms with E-state index in [-0.39, 0.29) is 4.75 Å². The van der Waals surface area contributed by atoms with Gasteiger partial charge in [0.05, 0.1) is 10.4 Å². The molecule has 17 heavy (non-hydrogen) atoms. The highest BCUT2D eigenvalue weighted by atomic mass is 32.2. The zero-order valence-corrected chi connectivity index (χ0v) is 12.2. The fraction of sp³-hybridized carbons (Fsp3) is 0.538. The Morgan fingerprint density at radius 3 is 2.71 bits per heavy atom. The Kier molecular flexibility index (Phi) is 5.87. The number of hydrogen-bond donors (Lipinski definition) is 0. The van der Waals surface area contributed by atoms with Crippen LogP contribution in [0.25, 0.3) is 0 Å². The molecule has 0 aliphatic carbocycles. The minimum atomic E-state index is 0.0786. The lowest BCUT2D eigenvalue weighted by molar-refractivity contribution is 0.746. The van der Waals surface area contributed by atoms with Crippen molar-refractivity contribution in [1.29, 1.82) is 5.26 Å². The summed E-state index contributed by atoms with van der Waals surface area (Å²) in [4.78, 5) is 4.53. The first kappa shape index (κ1) is 14.4. The summed E-state index contributed by atoms with van der Waals surface area (Å²) in [5, 5.41) is 10.5. The fourth-order valence-corrected chi connectivity index (χ4v) is 2.14. The Morgan fingerprint density at radius 1 is 1.41 bits per heavy atom. The van der Waals surface area contributed by atoms with Gasteiger partial charge in [0.15, 0.2) is 0 Å². The van der Waals surface area contributed by atoms with E-state index in [0.717, 1.165) is 24.3 Å². The van der Waals surface area contributed by atoms with E-state index >= 15 is 0 Å². The summed E-state index contributed by atoms with van der Waals surface area (Å²) in [6.45, 7) is 4.37. The van der Waals surface area contributed by atoms with Gasteiger partial charge in [0, 0.05) is 11.9 Å². The Labute approximate surface area is 112 Å². The van der Waals surface area contributed by atoms with Crippen molar-refractivity contribution in [2.24, 2.45) is 0 Å². The van der Waals surface area contributed by atoms with Crippen LogP contribution in [0.2, 0.25) is 0 Å². The fourth-order valence-electron chi connectivity index (χ4n) is 1.43. The maximum Gasteiger partial charge on any atom is 0.133 e. The first-order valence-electron chi connectivity index (χ1n) is 5.61. The minimum absolute atomic E-state index is 0.0786.